The second-order valence-electron chi connectivity index (χ2n) is 8.50. The molecule has 5 rings (SSSR count). The van der Waals surface area contributed by atoms with Crippen LogP contribution in [0.5, 0.6) is 5.75 Å². The predicted octanol–water partition coefficient (Wildman–Crippen LogP) is 6.15. The zero-order valence-electron chi connectivity index (χ0n) is 17.8. The first-order valence-corrected chi connectivity index (χ1v) is 10.4. The van der Waals surface area contributed by atoms with Crippen molar-refractivity contribution in [1.29, 1.82) is 0 Å². The maximum Gasteiger partial charge on any atom is 0.346 e. The van der Waals surface area contributed by atoms with E-state index in [-0.39, 0.29) is 17.4 Å². The zero-order valence-corrected chi connectivity index (χ0v) is 17.8. The van der Waals surface area contributed by atoms with Gasteiger partial charge < -0.3 is 10.1 Å². The number of nitrogens with one attached hydrogen (secondary N) is 1. The number of amides is 1. The molecule has 5 nitrogen and oxygen atoms in total. The van der Waals surface area contributed by atoms with Crippen molar-refractivity contribution in [1.82, 2.24) is 9.78 Å². The quantitative estimate of drug-likeness (QED) is 0.427. The van der Waals surface area contributed by atoms with Crippen LogP contribution < -0.4 is 10.1 Å². The van der Waals surface area contributed by atoms with Crippen molar-refractivity contribution in [2.24, 2.45) is 0 Å². The fourth-order valence-electron chi connectivity index (χ4n) is 4.00. The van der Waals surface area contributed by atoms with Crippen LogP contribution in [0.25, 0.3) is 22.4 Å². The lowest BCUT2D eigenvalue weighted by atomic mass is 10.0. The molecule has 1 aliphatic heterocycles. The Labute approximate surface area is 185 Å². The molecule has 0 unspecified atom stereocenters. The van der Waals surface area contributed by atoms with Gasteiger partial charge in [-0.25, -0.2) is 9.18 Å². The van der Waals surface area contributed by atoms with Gasteiger partial charge in [0.2, 0.25) is 0 Å². The first kappa shape index (κ1) is 20.0. The number of nitrogens with zero attached hydrogens (tertiary/aromatic N) is 2. The summed E-state index contributed by atoms with van der Waals surface area (Å²) in [5, 5.41) is 7.45. The van der Waals surface area contributed by atoms with E-state index in [1.807, 2.05) is 62.4 Å². The molecule has 0 radical (unpaired) electrons. The minimum atomic E-state index is -0.381. The van der Waals surface area contributed by atoms with Crippen LogP contribution in [-0.2, 0) is 6.42 Å². The molecule has 160 valence electrons. The van der Waals surface area contributed by atoms with E-state index in [0.717, 1.165) is 34.4 Å². The van der Waals surface area contributed by atoms with Gasteiger partial charge in [-0.15, -0.1) is 0 Å². The van der Waals surface area contributed by atoms with Crippen molar-refractivity contribution in [2.75, 3.05) is 5.32 Å². The normalized spacial score (nSPS) is 14.0. The molecule has 6 heteroatoms. The highest BCUT2D eigenvalue weighted by atomic mass is 19.1. The monoisotopic (exact) mass is 427 g/mol. The van der Waals surface area contributed by atoms with Crippen LogP contribution in [0.1, 0.15) is 19.4 Å². The summed E-state index contributed by atoms with van der Waals surface area (Å²) < 4.78 is 20.6. The molecule has 1 amide bonds. The van der Waals surface area contributed by atoms with Gasteiger partial charge in [0.25, 0.3) is 0 Å². The molecule has 32 heavy (non-hydrogen) atoms. The Hall–Kier alpha value is -3.93. The van der Waals surface area contributed by atoms with Crippen molar-refractivity contribution in [2.45, 2.75) is 25.9 Å². The molecule has 2 heterocycles. The lowest BCUT2D eigenvalue weighted by Gasteiger charge is -2.16. The van der Waals surface area contributed by atoms with E-state index in [1.54, 1.807) is 18.3 Å². The topological polar surface area (TPSA) is 56.2 Å². The second kappa shape index (κ2) is 7.64. The highest BCUT2D eigenvalue weighted by Crippen LogP contribution is 2.36. The fourth-order valence-corrected chi connectivity index (χ4v) is 4.00. The number of benzene rings is 3. The molecule has 0 aliphatic carbocycles. The highest BCUT2D eigenvalue weighted by Gasteiger charge is 2.30. The Bertz CT molecular complexity index is 1290. The molecule has 1 aliphatic rings. The number of halogens is 1. The third kappa shape index (κ3) is 3.87. The lowest BCUT2D eigenvalue weighted by molar-refractivity contribution is 0.138. The van der Waals surface area contributed by atoms with Crippen molar-refractivity contribution in [3.05, 3.63) is 90.4 Å². The first-order valence-electron chi connectivity index (χ1n) is 10.4. The maximum absolute atomic E-state index is 13.4. The molecule has 0 saturated heterocycles. The summed E-state index contributed by atoms with van der Waals surface area (Å²) in [5.41, 5.74) is 4.53. The van der Waals surface area contributed by atoms with Crippen molar-refractivity contribution < 1.29 is 13.9 Å². The fraction of sp³-hybridized carbons (Fsp3) is 0.154. The average Bonchev–Trinajstić information content (AvgIpc) is 3.35. The third-order valence-corrected chi connectivity index (χ3v) is 5.44. The number of carbonyl (C=O) groups excluding carboxylic acids is 1. The Morgan fingerprint density at radius 2 is 1.78 bits per heavy atom. The number of fused-ring (bicyclic) bond motifs is 1. The standard InChI is InChI=1S/C26H22FN3O2/c1-26(2)15-19-14-21(12-13-23(19)32-26)28-25(31)30-16-22(17-6-4-3-5-7-17)24(29-30)18-8-10-20(27)11-9-18/h3-14,16H,15H2,1-2H3,(H,28,31). The van der Waals surface area contributed by atoms with Crippen LogP contribution in [0.15, 0.2) is 79.0 Å². The molecule has 0 fully saturated rings. The van der Waals surface area contributed by atoms with E-state index in [9.17, 15) is 9.18 Å². The first-order chi connectivity index (χ1) is 15.4. The Kier molecular flexibility index (Phi) is 4.78. The molecular formula is C26H22FN3O2. The van der Waals surface area contributed by atoms with Gasteiger partial charge in [-0.05, 0) is 61.9 Å². The summed E-state index contributed by atoms with van der Waals surface area (Å²) in [6.45, 7) is 4.08. The van der Waals surface area contributed by atoms with E-state index in [1.165, 1.54) is 16.8 Å². The SMILES string of the molecule is CC1(C)Cc2cc(NC(=O)n3cc(-c4ccccc4)c(-c4ccc(F)cc4)n3)ccc2O1. The van der Waals surface area contributed by atoms with Gasteiger partial charge in [0.15, 0.2) is 0 Å². The maximum atomic E-state index is 13.4. The van der Waals surface area contributed by atoms with Crippen LogP contribution in [0, 0.1) is 5.82 Å². The van der Waals surface area contributed by atoms with Crippen molar-refractivity contribution in [3.63, 3.8) is 0 Å². The molecule has 4 aromatic rings. The van der Waals surface area contributed by atoms with Gasteiger partial charge >= 0.3 is 6.03 Å². The molecule has 1 N–H and O–H groups in total. The number of rotatable bonds is 3. The summed E-state index contributed by atoms with van der Waals surface area (Å²) in [5.74, 6) is 0.521. The van der Waals surface area contributed by atoms with Gasteiger partial charge in [-0.3, -0.25) is 0 Å². The highest BCUT2D eigenvalue weighted by molar-refractivity contribution is 5.93. The summed E-state index contributed by atoms with van der Waals surface area (Å²) in [6.07, 6.45) is 2.48. The van der Waals surface area contributed by atoms with Crippen LogP contribution in [0.4, 0.5) is 14.9 Å². The van der Waals surface area contributed by atoms with E-state index in [0.29, 0.717) is 11.4 Å². The third-order valence-electron chi connectivity index (χ3n) is 5.44. The van der Waals surface area contributed by atoms with Gasteiger partial charge in [-0.1, -0.05) is 30.3 Å². The molecule has 0 saturated carbocycles. The molecular weight excluding hydrogens is 405 g/mol. The van der Waals surface area contributed by atoms with Gasteiger partial charge in [0.1, 0.15) is 22.9 Å². The molecule has 0 bridgehead atoms. The van der Waals surface area contributed by atoms with Gasteiger partial charge in [0.05, 0.1) is 0 Å². The minimum Gasteiger partial charge on any atom is -0.487 e. The number of aromatic nitrogens is 2. The minimum absolute atomic E-state index is 0.248. The smallest absolute Gasteiger partial charge is 0.346 e. The van der Waals surface area contributed by atoms with Crippen molar-refractivity contribution >= 4 is 11.7 Å². The largest absolute Gasteiger partial charge is 0.487 e. The summed E-state index contributed by atoms with van der Waals surface area (Å²) in [4.78, 5) is 13.0. The number of ether oxygens (including phenoxy) is 1. The van der Waals surface area contributed by atoms with Crippen LogP contribution in [0.2, 0.25) is 0 Å². The molecule has 0 spiro atoms. The summed E-state index contributed by atoms with van der Waals surface area (Å²) >= 11 is 0. The molecule has 3 aromatic carbocycles. The van der Waals surface area contributed by atoms with Crippen LogP contribution in [0.3, 0.4) is 0 Å². The Morgan fingerprint density at radius 1 is 1.03 bits per heavy atom. The predicted molar refractivity (Wildman–Crippen MR) is 122 cm³/mol. The van der Waals surface area contributed by atoms with Crippen LogP contribution >= 0.6 is 0 Å². The Balaban J connectivity index is 1.47. The van der Waals surface area contributed by atoms with Gasteiger partial charge in [-0.2, -0.15) is 9.78 Å². The number of anilines is 1. The van der Waals surface area contributed by atoms with Crippen LogP contribution in [-0.4, -0.2) is 21.4 Å². The second-order valence-corrected chi connectivity index (χ2v) is 8.50. The zero-order chi connectivity index (χ0) is 22.3. The molecule has 1 aromatic heterocycles. The summed E-state index contributed by atoms with van der Waals surface area (Å²) in [7, 11) is 0. The van der Waals surface area contributed by atoms with Gasteiger partial charge in [0, 0.05) is 35.0 Å². The number of carbonyl (C=O) groups is 1. The molecule has 0 atom stereocenters. The van der Waals surface area contributed by atoms with E-state index in [2.05, 4.69) is 10.4 Å². The number of hydrogen-bond acceptors (Lipinski definition) is 3. The average molecular weight is 427 g/mol. The Morgan fingerprint density at radius 3 is 2.53 bits per heavy atom. The van der Waals surface area contributed by atoms with E-state index in [4.69, 9.17) is 4.74 Å². The summed E-state index contributed by atoms with van der Waals surface area (Å²) in [6, 6.07) is 21.0. The number of hydrogen-bond donors (Lipinski definition) is 1. The van der Waals surface area contributed by atoms with E-state index >= 15 is 0 Å². The lowest BCUT2D eigenvalue weighted by Crippen LogP contribution is -2.24. The van der Waals surface area contributed by atoms with E-state index < -0.39 is 0 Å². The van der Waals surface area contributed by atoms with Crippen molar-refractivity contribution in [3.8, 4) is 28.1 Å².